The van der Waals surface area contributed by atoms with Crippen LogP contribution in [0.5, 0.6) is 0 Å². The Morgan fingerprint density at radius 2 is 2.00 bits per heavy atom. The van der Waals surface area contributed by atoms with E-state index >= 15 is 0 Å². The van der Waals surface area contributed by atoms with Crippen LogP contribution in [0.15, 0.2) is 12.1 Å². The Kier molecular flexibility index (Phi) is 4.13. The predicted molar refractivity (Wildman–Crippen MR) is 69.5 cm³/mol. The SMILES string of the molecule is CNc1ccc(Cl)c(C(=O)NC(C)(C)C(N)=O)n1. The molecule has 0 spiro atoms. The van der Waals surface area contributed by atoms with Crippen LogP contribution in [0.25, 0.3) is 0 Å². The molecule has 0 aromatic carbocycles. The topological polar surface area (TPSA) is 97.1 Å². The Balaban J connectivity index is 3.01. The van der Waals surface area contributed by atoms with Crippen molar-refractivity contribution in [1.82, 2.24) is 10.3 Å². The molecule has 6 nitrogen and oxygen atoms in total. The second-order valence-electron chi connectivity index (χ2n) is 4.22. The lowest BCUT2D eigenvalue weighted by Crippen LogP contribution is -2.53. The summed E-state index contributed by atoms with van der Waals surface area (Å²) in [4.78, 5) is 27.1. The number of primary amides is 1. The van der Waals surface area contributed by atoms with Gasteiger partial charge in [0.2, 0.25) is 5.91 Å². The smallest absolute Gasteiger partial charge is 0.272 e. The predicted octanol–water partition coefficient (Wildman–Crippen LogP) is 0.770. The molecule has 0 aliphatic heterocycles. The molecule has 0 saturated heterocycles. The summed E-state index contributed by atoms with van der Waals surface area (Å²) in [5.41, 5.74) is 4.04. The lowest BCUT2D eigenvalue weighted by molar-refractivity contribution is -0.122. The molecule has 1 aromatic rings. The summed E-state index contributed by atoms with van der Waals surface area (Å²) < 4.78 is 0. The van der Waals surface area contributed by atoms with Crippen molar-refractivity contribution >= 4 is 29.2 Å². The van der Waals surface area contributed by atoms with Crippen molar-refractivity contribution in [2.24, 2.45) is 5.73 Å². The first-order chi connectivity index (χ1) is 8.27. The third kappa shape index (κ3) is 3.10. The van der Waals surface area contributed by atoms with Crippen LogP contribution in [-0.4, -0.2) is 29.4 Å². The zero-order valence-electron chi connectivity index (χ0n) is 10.4. The second kappa shape index (κ2) is 5.22. The molecule has 18 heavy (non-hydrogen) atoms. The lowest BCUT2D eigenvalue weighted by atomic mass is 10.1. The van der Waals surface area contributed by atoms with Gasteiger partial charge in [0.15, 0.2) is 0 Å². The van der Waals surface area contributed by atoms with Gasteiger partial charge in [0.25, 0.3) is 5.91 Å². The van der Waals surface area contributed by atoms with Gasteiger partial charge in [-0.2, -0.15) is 0 Å². The fourth-order valence-corrected chi connectivity index (χ4v) is 1.34. The number of carbonyl (C=O) groups excluding carboxylic acids is 2. The summed E-state index contributed by atoms with van der Waals surface area (Å²) in [5.74, 6) is -0.695. The fourth-order valence-electron chi connectivity index (χ4n) is 1.15. The molecule has 0 bridgehead atoms. The third-order valence-electron chi connectivity index (χ3n) is 2.36. The number of pyridine rings is 1. The van der Waals surface area contributed by atoms with Crippen LogP contribution in [0.2, 0.25) is 5.02 Å². The fraction of sp³-hybridized carbons (Fsp3) is 0.364. The molecule has 0 unspecified atom stereocenters. The van der Waals surface area contributed by atoms with Crippen LogP contribution in [0.3, 0.4) is 0 Å². The van der Waals surface area contributed by atoms with E-state index in [0.29, 0.717) is 5.82 Å². The Labute approximate surface area is 110 Å². The highest BCUT2D eigenvalue weighted by molar-refractivity contribution is 6.33. The Morgan fingerprint density at radius 1 is 1.39 bits per heavy atom. The lowest BCUT2D eigenvalue weighted by Gasteiger charge is -2.22. The van der Waals surface area contributed by atoms with Crippen LogP contribution < -0.4 is 16.4 Å². The Bertz CT molecular complexity index is 488. The van der Waals surface area contributed by atoms with Crippen LogP contribution in [0, 0.1) is 0 Å². The number of hydrogen-bond acceptors (Lipinski definition) is 4. The highest BCUT2D eigenvalue weighted by Crippen LogP contribution is 2.17. The number of amides is 2. The van der Waals surface area contributed by atoms with Crippen LogP contribution >= 0.6 is 11.6 Å². The molecular weight excluding hydrogens is 256 g/mol. The minimum atomic E-state index is -1.17. The van der Waals surface area contributed by atoms with Crippen LogP contribution in [0.1, 0.15) is 24.3 Å². The average molecular weight is 271 g/mol. The Hall–Kier alpha value is -1.82. The number of nitrogens with two attached hydrogens (primary N) is 1. The third-order valence-corrected chi connectivity index (χ3v) is 2.66. The van der Waals surface area contributed by atoms with Gasteiger partial charge in [-0.05, 0) is 26.0 Å². The van der Waals surface area contributed by atoms with Gasteiger partial charge < -0.3 is 16.4 Å². The van der Waals surface area contributed by atoms with Gasteiger partial charge in [-0.1, -0.05) is 11.6 Å². The van der Waals surface area contributed by atoms with E-state index in [1.165, 1.54) is 13.8 Å². The molecule has 0 fully saturated rings. The standard InChI is InChI=1S/C11H15ClN4O2/c1-11(2,10(13)18)16-9(17)8-6(12)4-5-7(14-3)15-8/h4-5H,1-3H3,(H2,13,18)(H,14,15)(H,16,17). The summed E-state index contributed by atoms with van der Waals surface area (Å²) in [5, 5.41) is 5.47. The molecule has 1 aromatic heterocycles. The summed E-state index contributed by atoms with van der Waals surface area (Å²) in [6, 6.07) is 3.19. The average Bonchev–Trinajstić information content (AvgIpc) is 2.28. The van der Waals surface area contributed by atoms with E-state index in [2.05, 4.69) is 15.6 Å². The van der Waals surface area contributed by atoms with Crippen molar-refractivity contribution in [3.63, 3.8) is 0 Å². The number of nitrogens with one attached hydrogen (secondary N) is 2. The molecule has 98 valence electrons. The minimum Gasteiger partial charge on any atom is -0.373 e. The number of carbonyl (C=O) groups is 2. The molecule has 0 radical (unpaired) electrons. The van der Waals surface area contributed by atoms with Gasteiger partial charge in [-0.3, -0.25) is 9.59 Å². The molecule has 0 saturated carbocycles. The highest BCUT2D eigenvalue weighted by atomic mass is 35.5. The van der Waals surface area contributed by atoms with E-state index in [-0.39, 0.29) is 10.7 Å². The van der Waals surface area contributed by atoms with Crippen molar-refractivity contribution in [3.05, 3.63) is 22.8 Å². The van der Waals surface area contributed by atoms with Crippen LogP contribution in [0.4, 0.5) is 5.82 Å². The van der Waals surface area contributed by atoms with E-state index in [4.69, 9.17) is 17.3 Å². The minimum absolute atomic E-state index is 0.0397. The number of aromatic nitrogens is 1. The maximum atomic E-state index is 12.0. The maximum Gasteiger partial charge on any atom is 0.272 e. The van der Waals surface area contributed by atoms with Crippen molar-refractivity contribution in [2.75, 3.05) is 12.4 Å². The van der Waals surface area contributed by atoms with Crippen molar-refractivity contribution in [2.45, 2.75) is 19.4 Å². The molecule has 1 heterocycles. The normalized spacial score (nSPS) is 10.9. The van der Waals surface area contributed by atoms with Crippen molar-refractivity contribution < 1.29 is 9.59 Å². The zero-order valence-corrected chi connectivity index (χ0v) is 11.1. The van der Waals surface area contributed by atoms with Gasteiger partial charge in [0.1, 0.15) is 17.1 Å². The van der Waals surface area contributed by atoms with Gasteiger partial charge in [-0.25, -0.2) is 4.98 Å². The zero-order chi connectivity index (χ0) is 13.9. The molecule has 0 atom stereocenters. The second-order valence-corrected chi connectivity index (χ2v) is 4.63. The molecule has 0 aliphatic rings. The largest absolute Gasteiger partial charge is 0.373 e. The molecular formula is C11H15ClN4O2. The number of anilines is 1. The summed E-state index contributed by atoms with van der Waals surface area (Å²) >= 11 is 5.89. The van der Waals surface area contributed by atoms with E-state index in [9.17, 15) is 9.59 Å². The van der Waals surface area contributed by atoms with Gasteiger partial charge >= 0.3 is 0 Å². The summed E-state index contributed by atoms with van der Waals surface area (Å²) in [7, 11) is 1.67. The maximum absolute atomic E-state index is 12.0. The highest BCUT2D eigenvalue weighted by Gasteiger charge is 2.28. The molecule has 1 rings (SSSR count). The molecule has 2 amide bonds. The van der Waals surface area contributed by atoms with Crippen molar-refractivity contribution in [3.8, 4) is 0 Å². The first-order valence-corrected chi connectivity index (χ1v) is 5.62. The number of hydrogen-bond donors (Lipinski definition) is 3. The first kappa shape index (κ1) is 14.2. The number of nitrogens with zero attached hydrogens (tertiary/aromatic N) is 1. The van der Waals surface area contributed by atoms with Crippen molar-refractivity contribution in [1.29, 1.82) is 0 Å². The number of rotatable bonds is 4. The Morgan fingerprint density at radius 3 is 2.50 bits per heavy atom. The first-order valence-electron chi connectivity index (χ1n) is 5.24. The number of halogens is 1. The van der Waals surface area contributed by atoms with Gasteiger partial charge in [0.05, 0.1) is 5.02 Å². The van der Waals surface area contributed by atoms with E-state index in [1.54, 1.807) is 19.2 Å². The monoisotopic (exact) mass is 270 g/mol. The summed E-state index contributed by atoms with van der Waals surface area (Å²) in [6.07, 6.45) is 0. The van der Waals surface area contributed by atoms with Gasteiger partial charge in [0, 0.05) is 7.05 Å². The van der Waals surface area contributed by atoms with E-state index < -0.39 is 17.4 Å². The molecule has 7 heteroatoms. The van der Waals surface area contributed by atoms with E-state index in [0.717, 1.165) is 0 Å². The molecule has 4 N–H and O–H groups in total. The summed E-state index contributed by atoms with van der Waals surface area (Å²) in [6.45, 7) is 3.01. The van der Waals surface area contributed by atoms with Gasteiger partial charge in [-0.15, -0.1) is 0 Å². The molecule has 0 aliphatic carbocycles. The van der Waals surface area contributed by atoms with Crippen LogP contribution in [-0.2, 0) is 4.79 Å². The van der Waals surface area contributed by atoms with E-state index in [1.807, 2.05) is 0 Å². The quantitative estimate of drug-likeness (QED) is 0.753.